The fourth-order valence-electron chi connectivity index (χ4n) is 4.34. The number of carbonyl (C=O) groups excluding carboxylic acids is 2. The van der Waals surface area contributed by atoms with Crippen LogP contribution in [0.3, 0.4) is 0 Å². The number of pyridine rings is 1. The van der Waals surface area contributed by atoms with Crippen LogP contribution in [0.25, 0.3) is 10.9 Å². The van der Waals surface area contributed by atoms with Gasteiger partial charge in [0, 0.05) is 31.3 Å². The second kappa shape index (κ2) is 8.88. The summed E-state index contributed by atoms with van der Waals surface area (Å²) in [5.74, 6) is -1.52. The molecule has 2 aromatic heterocycles. The largest absolute Gasteiger partial charge is 0.342 e. The Balaban J connectivity index is 1.74. The van der Waals surface area contributed by atoms with Gasteiger partial charge in [-0.15, -0.1) is 0 Å². The third-order valence-electron chi connectivity index (χ3n) is 6.17. The van der Waals surface area contributed by atoms with Crippen LogP contribution in [0.1, 0.15) is 56.0 Å². The maximum absolute atomic E-state index is 14.8. The van der Waals surface area contributed by atoms with Gasteiger partial charge in [0.25, 0.3) is 0 Å². The summed E-state index contributed by atoms with van der Waals surface area (Å²) < 4.78 is 30.5. The highest BCUT2D eigenvalue weighted by atomic mass is 19.1. The van der Waals surface area contributed by atoms with Crippen LogP contribution in [0.5, 0.6) is 0 Å². The molecule has 3 atom stereocenters. The molecule has 1 saturated heterocycles. The number of carbonyl (C=O) groups is 2. The Morgan fingerprint density at radius 2 is 1.97 bits per heavy atom. The number of aryl methyl sites for hydroxylation is 1. The lowest BCUT2D eigenvalue weighted by atomic mass is 9.98. The van der Waals surface area contributed by atoms with E-state index in [9.17, 15) is 18.4 Å². The van der Waals surface area contributed by atoms with Gasteiger partial charge in [0.05, 0.1) is 30.0 Å². The minimum Gasteiger partial charge on any atom is -0.342 e. The summed E-state index contributed by atoms with van der Waals surface area (Å²) in [7, 11) is 1.81. The first-order valence-corrected chi connectivity index (χ1v) is 10.9. The van der Waals surface area contributed by atoms with Gasteiger partial charge in [-0.2, -0.15) is 9.49 Å². The van der Waals surface area contributed by atoms with Crippen molar-refractivity contribution in [1.82, 2.24) is 25.0 Å². The molecule has 0 aliphatic carbocycles. The number of benzene rings is 1. The molecule has 1 aliphatic heterocycles. The molecule has 3 unspecified atom stereocenters. The van der Waals surface area contributed by atoms with Gasteiger partial charge in [-0.3, -0.25) is 14.3 Å². The molecule has 0 radical (unpaired) electrons. The van der Waals surface area contributed by atoms with Gasteiger partial charge < -0.3 is 10.2 Å². The maximum atomic E-state index is 14.8. The van der Waals surface area contributed by atoms with E-state index in [1.54, 1.807) is 30.1 Å². The van der Waals surface area contributed by atoms with Gasteiger partial charge >= 0.3 is 0 Å². The number of rotatable bonds is 5. The molecule has 3 heterocycles. The van der Waals surface area contributed by atoms with E-state index in [4.69, 9.17) is 0 Å². The quantitative estimate of drug-likeness (QED) is 0.598. The lowest BCUT2D eigenvalue weighted by Gasteiger charge is -2.26. The molecular formula is C24H27F2N5O2. The highest BCUT2D eigenvalue weighted by Crippen LogP contribution is 2.28. The number of amides is 2. The van der Waals surface area contributed by atoms with Crippen LogP contribution < -0.4 is 5.32 Å². The van der Waals surface area contributed by atoms with E-state index < -0.39 is 30.1 Å². The maximum Gasteiger partial charge on any atom is 0.243 e. The van der Waals surface area contributed by atoms with Crippen LogP contribution in [-0.2, 0) is 16.6 Å². The minimum atomic E-state index is -1.27. The predicted octanol–water partition coefficient (Wildman–Crippen LogP) is 3.40. The molecule has 1 N–H and O–H groups in total. The van der Waals surface area contributed by atoms with E-state index in [0.717, 1.165) is 10.9 Å². The van der Waals surface area contributed by atoms with Crippen LogP contribution in [0.15, 0.2) is 36.5 Å². The van der Waals surface area contributed by atoms with Crippen LogP contribution in [0.2, 0.25) is 0 Å². The van der Waals surface area contributed by atoms with E-state index in [0.29, 0.717) is 16.8 Å². The molecule has 0 bridgehead atoms. The molecule has 1 aromatic carbocycles. The van der Waals surface area contributed by atoms with Crippen molar-refractivity contribution < 1.29 is 18.4 Å². The first-order valence-electron chi connectivity index (χ1n) is 10.9. The van der Waals surface area contributed by atoms with E-state index in [1.165, 1.54) is 11.8 Å². The average Bonchev–Trinajstić information content (AvgIpc) is 3.34. The van der Waals surface area contributed by atoms with Crippen molar-refractivity contribution in [3.05, 3.63) is 59.3 Å². The first-order chi connectivity index (χ1) is 15.7. The first kappa shape index (κ1) is 22.8. The lowest BCUT2D eigenvalue weighted by molar-refractivity contribution is -0.137. The second-order valence-corrected chi connectivity index (χ2v) is 8.82. The SMILES string of the molecule is CC(=O)N1CC(F)CC1C(=O)NC(c1ccc2cnn(C)c2c1)c1ccc(C(C)C)c(F)n1. The standard InChI is InChI=1S/C24H27F2N5O2/c1-13(2)18-7-8-19(28-23(18)26)22(15-5-6-16-11-27-30(4)20(16)9-15)29-24(33)21-10-17(25)12-31(21)14(3)32/h5-9,11,13,17,21-22H,10,12H2,1-4H3,(H,29,33). The summed E-state index contributed by atoms with van der Waals surface area (Å²) in [5.41, 5.74) is 2.30. The Bertz CT molecular complexity index is 1210. The number of nitrogens with one attached hydrogen (secondary N) is 1. The molecule has 0 saturated carbocycles. The predicted molar refractivity (Wildman–Crippen MR) is 120 cm³/mol. The fraction of sp³-hybridized carbons (Fsp3) is 0.417. The lowest BCUT2D eigenvalue weighted by Crippen LogP contribution is -2.46. The second-order valence-electron chi connectivity index (χ2n) is 8.82. The number of halogens is 2. The zero-order valence-corrected chi connectivity index (χ0v) is 19.0. The Morgan fingerprint density at radius 1 is 1.21 bits per heavy atom. The van der Waals surface area contributed by atoms with Gasteiger partial charge in [0.2, 0.25) is 17.8 Å². The number of fused-ring (bicyclic) bond motifs is 1. The third-order valence-corrected chi connectivity index (χ3v) is 6.17. The van der Waals surface area contributed by atoms with E-state index in [2.05, 4.69) is 15.4 Å². The van der Waals surface area contributed by atoms with Gasteiger partial charge in [-0.25, -0.2) is 9.37 Å². The van der Waals surface area contributed by atoms with Crippen LogP contribution in [0, 0.1) is 5.95 Å². The Morgan fingerprint density at radius 3 is 2.64 bits per heavy atom. The Kier molecular flexibility index (Phi) is 6.14. The molecule has 9 heteroatoms. The highest BCUT2D eigenvalue weighted by molar-refractivity contribution is 5.88. The van der Waals surface area contributed by atoms with Gasteiger partial charge in [0.15, 0.2) is 0 Å². The van der Waals surface area contributed by atoms with Crippen LogP contribution >= 0.6 is 0 Å². The molecule has 174 valence electrons. The molecule has 33 heavy (non-hydrogen) atoms. The normalized spacial score (nSPS) is 19.3. The molecule has 0 spiro atoms. The number of aromatic nitrogens is 3. The number of alkyl halides is 1. The number of likely N-dealkylation sites (tertiary alicyclic amines) is 1. The summed E-state index contributed by atoms with van der Waals surface area (Å²) in [4.78, 5) is 30.5. The molecule has 4 rings (SSSR count). The fourth-order valence-corrected chi connectivity index (χ4v) is 4.34. The van der Waals surface area contributed by atoms with Crippen molar-refractivity contribution in [2.75, 3.05) is 6.54 Å². The van der Waals surface area contributed by atoms with Gasteiger partial charge in [-0.05, 0) is 23.6 Å². The molecule has 3 aromatic rings. The van der Waals surface area contributed by atoms with Crippen molar-refractivity contribution in [2.45, 2.75) is 51.4 Å². The minimum absolute atomic E-state index is 0.0468. The number of hydrogen-bond acceptors (Lipinski definition) is 4. The van der Waals surface area contributed by atoms with Crippen molar-refractivity contribution in [3.63, 3.8) is 0 Å². The molecule has 1 aliphatic rings. The van der Waals surface area contributed by atoms with Crippen LogP contribution in [0.4, 0.5) is 8.78 Å². The smallest absolute Gasteiger partial charge is 0.243 e. The third kappa shape index (κ3) is 4.44. The summed E-state index contributed by atoms with van der Waals surface area (Å²) in [6, 6.07) is 7.18. The van der Waals surface area contributed by atoms with E-state index in [1.807, 2.05) is 32.0 Å². The Labute approximate surface area is 190 Å². The molecule has 1 fully saturated rings. The molecular weight excluding hydrogens is 428 g/mol. The molecule has 2 amide bonds. The number of nitrogens with zero attached hydrogens (tertiary/aromatic N) is 4. The van der Waals surface area contributed by atoms with Crippen molar-refractivity contribution in [3.8, 4) is 0 Å². The van der Waals surface area contributed by atoms with Gasteiger partial charge in [-0.1, -0.05) is 32.0 Å². The summed E-state index contributed by atoms with van der Waals surface area (Å²) in [6.07, 6.45) is 0.384. The summed E-state index contributed by atoms with van der Waals surface area (Å²) in [6.45, 7) is 4.95. The Hall–Kier alpha value is -3.36. The summed E-state index contributed by atoms with van der Waals surface area (Å²) >= 11 is 0. The monoisotopic (exact) mass is 455 g/mol. The van der Waals surface area contributed by atoms with Gasteiger partial charge in [0.1, 0.15) is 12.2 Å². The topological polar surface area (TPSA) is 80.1 Å². The van der Waals surface area contributed by atoms with Crippen LogP contribution in [-0.4, -0.2) is 50.2 Å². The number of hydrogen-bond donors (Lipinski definition) is 1. The van der Waals surface area contributed by atoms with Crippen molar-refractivity contribution >= 4 is 22.7 Å². The average molecular weight is 456 g/mol. The van der Waals surface area contributed by atoms with Crippen molar-refractivity contribution in [2.24, 2.45) is 7.05 Å². The molecule has 7 nitrogen and oxygen atoms in total. The zero-order valence-electron chi connectivity index (χ0n) is 19.0. The van der Waals surface area contributed by atoms with E-state index in [-0.39, 0.29) is 24.8 Å². The van der Waals surface area contributed by atoms with E-state index >= 15 is 0 Å². The van der Waals surface area contributed by atoms with Crippen molar-refractivity contribution in [1.29, 1.82) is 0 Å². The summed E-state index contributed by atoms with van der Waals surface area (Å²) in [5, 5.41) is 8.05. The zero-order chi connectivity index (χ0) is 23.9. The highest BCUT2D eigenvalue weighted by Gasteiger charge is 2.39.